The summed E-state index contributed by atoms with van der Waals surface area (Å²) in [5.41, 5.74) is 0.166. The first-order valence-corrected chi connectivity index (χ1v) is 9.15. The maximum atomic E-state index is 14.3. The molecule has 0 atom stereocenters. The third kappa shape index (κ3) is 3.48. The van der Waals surface area contributed by atoms with E-state index in [0.29, 0.717) is 36.6 Å². The Morgan fingerprint density at radius 2 is 1.86 bits per heavy atom. The summed E-state index contributed by atoms with van der Waals surface area (Å²) < 4.78 is 15.7. The number of aliphatic hydroxyl groups is 1. The molecule has 9 heteroatoms. The van der Waals surface area contributed by atoms with Gasteiger partial charge in [0.2, 0.25) is 0 Å². The number of likely N-dealkylation sites (tertiary alicyclic amines) is 1. The topological polar surface area (TPSA) is 84.1 Å². The van der Waals surface area contributed by atoms with Crippen LogP contribution in [0.5, 0.6) is 0 Å². The molecule has 0 unspecified atom stereocenters. The number of halogens is 2. The highest BCUT2D eigenvalue weighted by atomic mass is 35.5. The maximum Gasteiger partial charge on any atom is 0.256 e. The quantitative estimate of drug-likeness (QED) is 0.729. The number of benzene rings is 2. The number of tetrazole rings is 1. The van der Waals surface area contributed by atoms with E-state index in [0.717, 1.165) is 5.56 Å². The molecule has 1 aliphatic rings. The predicted molar refractivity (Wildman–Crippen MR) is 99.6 cm³/mol. The maximum absolute atomic E-state index is 14.3. The first-order valence-electron chi connectivity index (χ1n) is 8.77. The van der Waals surface area contributed by atoms with Crippen molar-refractivity contribution in [3.05, 3.63) is 70.8 Å². The van der Waals surface area contributed by atoms with Crippen molar-refractivity contribution in [3.8, 4) is 5.69 Å². The Kier molecular flexibility index (Phi) is 4.82. The van der Waals surface area contributed by atoms with Gasteiger partial charge in [0.15, 0.2) is 0 Å². The van der Waals surface area contributed by atoms with Crippen LogP contribution in [0, 0.1) is 5.82 Å². The standard InChI is InChI=1S/C19H17ClFN5O2/c20-14-3-1-13(2-4-14)19(28)7-9-25(10-8-19)18(27)16-11-15(5-6-17(16)21)26-12-22-23-24-26/h1-6,11-12,28H,7-10H2. The van der Waals surface area contributed by atoms with Gasteiger partial charge in [-0.25, -0.2) is 9.07 Å². The largest absolute Gasteiger partial charge is 0.385 e. The molecular weight excluding hydrogens is 385 g/mol. The Morgan fingerprint density at radius 3 is 2.50 bits per heavy atom. The van der Waals surface area contributed by atoms with Crippen molar-refractivity contribution in [3.63, 3.8) is 0 Å². The van der Waals surface area contributed by atoms with E-state index in [-0.39, 0.29) is 5.56 Å². The second-order valence-electron chi connectivity index (χ2n) is 6.75. The Hall–Kier alpha value is -2.84. The van der Waals surface area contributed by atoms with E-state index in [1.54, 1.807) is 29.2 Å². The van der Waals surface area contributed by atoms with E-state index in [1.807, 2.05) is 0 Å². The highest BCUT2D eigenvalue weighted by molar-refractivity contribution is 6.30. The van der Waals surface area contributed by atoms with Crippen LogP contribution in [0.1, 0.15) is 28.8 Å². The summed E-state index contributed by atoms with van der Waals surface area (Å²) in [6.07, 6.45) is 2.08. The van der Waals surface area contributed by atoms with Gasteiger partial charge in [-0.15, -0.1) is 5.10 Å². The van der Waals surface area contributed by atoms with Gasteiger partial charge in [0.1, 0.15) is 12.1 Å². The van der Waals surface area contributed by atoms with Gasteiger partial charge in [-0.3, -0.25) is 4.79 Å². The number of piperidine rings is 1. The molecule has 3 aromatic rings. The van der Waals surface area contributed by atoms with Gasteiger partial charge in [-0.1, -0.05) is 23.7 Å². The molecule has 1 aliphatic heterocycles. The monoisotopic (exact) mass is 401 g/mol. The summed E-state index contributed by atoms with van der Waals surface area (Å²) in [6.45, 7) is 0.624. The van der Waals surface area contributed by atoms with Crippen LogP contribution in [0.15, 0.2) is 48.8 Å². The normalized spacial score (nSPS) is 16.2. The summed E-state index contributed by atoms with van der Waals surface area (Å²) in [4.78, 5) is 14.4. The van der Waals surface area contributed by atoms with Gasteiger partial charge in [0.05, 0.1) is 16.9 Å². The van der Waals surface area contributed by atoms with Gasteiger partial charge in [-0.05, 0) is 59.2 Å². The van der Waals surface area contributed by atoms with Crippen LogP contribution < -0.4 is 0 Å². The Bertz CT molecular complexity index is 986. The molecule has 7 nitrogen and oxygen atoms in total. The molecule has 0 saturated carbocycles. The molecule has 28 heavy (non-hydrogen) atoms. The van der Waals surface area contributed by atoms with Crippen molar-refractivity contribution < 1.29 is 14.3 Å². The van der Waals surface area contributed by atoms with E-state index in [9.17, 15) is 14.3 Å². The van der Waals surface area contributed by atoms with E-state index in [4.69, 9.17) is 11.6 Å². The molecule has 1 fully saturated rings. The Labute approximate surface area is 165 Å². The highest BCUT2D eigenvalue weighted by Gasteiger charge is 2.36. The molecule has 2 aromatic carbocycles. The summed E-state index contributed by atoms with van der Waals surface area (Å²) in [5.74, 6) is -1.04. The second kappa shape index (κ2) is 7.29. The van der Waals surface area contributed by atoms with E-state index < -0.39 is 17.3 Å². The Balaban J connectivity index is 1.51. The number of carbonyl (C=O) groups is 1. The lowest BCUT2D eigenvalue weighted by Crippen LogP contribution is -2.45. The summed E-state index contributed by atoms with van der Waals surface area (Å²) >= 11 is 5.91. The highest BCUT2D eigenvalue weighted by Crippen LogP contribution is 2.34. The van der Waals surface area contributed by atoms with Crippen LogP contribution in [0.4, 0.5) is 4.39 Å². The molecule has 0 radical (unpaired) electrons. The van der Waals surface area contributed by atoms with E-state index in [2.05, 4.69) is 15.5 Å². The summed E-state index contributed by atoms with van der Waals surface area (Å²) in [7, 11) is 0. The first-order chi connectivity index (χ1) is 13.5. The molecule has 1 saturated heterocycles. The van der Waals surface area contributed by atoms with Gasteiger partial charge in [-0.2, -0.15) is 0 Å². The minimum atomic E-state index is -1.03. The molecule has 0 spiro atoms. The van der Waals surface area contributed by atoms with Crippen molar-refractivity contribution in [2.24, 2.45) is 0 Å². The average Bonchev–Trinajstić information content (AvgIpc) is 3.24. The third-order valence-electron chi connectivity index (χ3n) is 5.05. The third-order valence-corrected chi connectivity index (χ3v) is 5.31. The van der Waals surface area contributed by atoms with Crippen LogP contribution in [0.2, 0.25) is 5.02 Å². The lowest BCUT2D eigenvalue weighted by Gasteiger charge is -2.38. The van der Waals surface area contributed by atoms with Crippen LogP contribution in [-0.2, 0) is 5.60 Å². The van der Waals surface area contributed by atoms with Crippen LogP contribution >= 0.6 is 11.6 Å². The van der Waals surface area contributed by atoms with Crippen LogP contribution in [0.25, 0.3) is 5.69 Å². The first kappa shape index (κ1) is 18.5. The number of rotatable bonds is 3. The van der Waals surface area contributed by atoms with Crippen molar-refractivity contribution in [1.29, 1.82) is 0 Å². The van der Waals surface area contributed by atoms with E-state index >= 15 is 0 Å². The van der Waals surface area contributed by atoms with Crippen LogP contribution in [0.3, 0.4) is 0 Å². The zero-order chi connectivity index (χ0) is 19.7. The molecule has 1 N–H and O–H groups in total. The SMILES string of the molecule is O=C(c1cc(-n2cnnn2)ccc1F)N1CCC(O)(c2ccc(Cl)cc2)CC1. The van der Waals surface area contributed by atoms with E-state index in [1.165, 1.54) is 29.2 Å². The lowest BCUT2D eigenvalue weighted by molar-refractivity contribution is -0.0212. The second-order valence-corrected chi connectivity index (χ2v) is 7.19. The molecule has 0 bridgehead atoms. The smallest absolute Gasteiger partial charge is 0.256 e. The van der Waals surface area contributed by atoms with Crippen molar-refractivity contribution >= 4 is 17.5 Å². The molecule has 1 aromatic heterocycles. The lowest BCUT2D eigenvalue weighted by atomic mass is 9.84. The number of aromatic nitrogens is 4. The average molecular weight is 402 g/mol. The van der Waals surface area contributed by atoms with Gasteiger partial charge < -0.3 is 10.0 Å². The van der Waals surface area contributed by atoms with Crippen molar-refractivity contribution in [2.45, 2.75) is 18.4 Å². The fourth-order valence-corrected chi connectivity index (χ4v) is 3.52. The van der Waals surface area contributed by atoms with Crippen molar-refractivity contribution in [2.75, 3.05) is 13.1 Å². The number of amides is 1. The fraction of sp³-hybridized carbons (Fsp3) is 0.263. The molecular formula is C19H17ClFN5O2. The number of carbonyl (C=O) groups excluding carboxylic acids is 1. The molecule has 4 rings (SSSR count). The zero-order valence-corrected chi connectivity index (χ0v) is 15.6. The number of hydrogen-bond donors (Lipinski definition) is 1. The number of hydrogen-bond acceptors (Lipinski definition) is 5. The minimum Gasteiger partial charge on any atom is -0.385 e. The number of nitrogens with zero attached hydrogens (tertiary/aromatic N) is 5. The summed E-state index contributed by atoms with van der Waals surface area (Å²) in [6, 6.07) is 11.2. The van der Waals surface area contributed by atoms with Gasteiger partial charge >= 0.3 is 0 Å². The summed E-state index contributed by atoms with van der Waals surface area (Å²) in [5, 5.41) is 22.4. The fourth-order valence-electron chi connectivity index (χ4n) is 3.40. The molecule has 0 aliphatic carbocycles. The van der Waals surface area contributed by atoms with Crippen LogP contribution in [-0.4, -0.2) is 49.2 Å². The van der Waals surface area contributed by atoms with Gasteiger partial charge in [0.25, 0.3) is 5.91 Å². The molecule has 1 amide bonds. The predicted octanol–water partition coefficient (Wildman–Crippen LogP) is 2.58. The molecule has 144 valence electrons. The van der Waals surface area contributed by atoms with Crippen molar-refractivity contribution in [1.82, 2.24) is 25.1 Å². The zero-order valence-electron chi connectivity index (χ0n) is 14.8. The Morgan fingerprint density at radius 1 is 1.14 bits per heavy atom. The van der Waals surface area contributed by atoms with Gasteiger partial charge in [0, 0.05) is 18.1 Å². The minimum absolute atomic E-state index is 0.0510. The molecule has 2 heterocycles.